The van der Waals surface area contributed by atoms with Gasteiger partial charge in [0.05, 0.1) is 0 Å². The molecule has 0 bridgehead atoms. The van der Waals surface area contributed by atoms with Crippen molar-refractivity contribution in [1.82, 2.24) is 19.9 Å². The second kappa shape index (κ2) is 3.91. The molecule has 0 radical (unpaired) electrons. The highest BCUT2D eigenvalue weighted by Gasteiger charge is 2.38. The van der Waals surface area contributed by atoms with Gasteiger partial charge in [-0.15, -0.1) is 0 Å². The Bertz CT molecular complexity index is 577. The van der Waals surface area contributed by atoms with Crippen molar-refractivity contribution >= 4 is 17.0 Å². The summed E-state index contributed by atoms with van der Waals surface area (Å²) < 4.78 is 0. The first-order valence-corrected chi connectivity index (χ1v) is 6.33. The second-order valence-corrected chi connectivity index (χ2v) is 5.31. The maximum atomic E-state index is 6.28. The summed E-state index contributed by atoms with van der Waals surface area (Å²) in [5.74, 6) is 1.32. The van der Waals surface area contributed by atoms with E-state index in [4.69, 9.17) is 11.5 Å². The zero-order valence-electron chi connectivity index (χ0n) is 10.5. The van der Waals surface area contributed by atoms with E-state index in [-0.39, 0.29) is 11.5 Å². The number of nitrogens with one attached hydrogen (secondary N) is 1. The fourth-order valence-corrected chi connectivity index (χ4v) is 2.77. The van der Waals surface area contributed by atoms with Crippen LogP contribution in [0.25, 0.3) is 11.2 Å². The quantitative estimate of drug-likeness (QED) is 0.698. The molecule has 1 fully saturated rings. The van der Waals surface area contributed by atoms with Gasteiger partial charge in [-0.05, 0) is 12.8 Å². The number of rotatable bonds is 1. The van der Waals surface area contributed by atoms with Crippen LogP contribution in [0.2, 0.25) is 0 Å². The van der Waals surface area contributed by atoms with Crippen LogP contribution in [-0.4, -0.2) is 26.0 Å². The van der Waals surface area contributed by atoms with Gasteiger partial charge < -0.3 is 16.5 Å². The van der Waals surface area contributed by atoms with Crippen LogP contribution >= 0.6 is 0 Å². The van der Waals surface area contributed by atoms with Crippen molar-refractivity contribution in [3.63, 3.8) is 0 Å². The zero-order chi connectivity index (χ0) is 12.8. The molecule has 1 saturated carbocycles. The van der Waals surface area contributed by atoms with Crippen LogP contribution in [-0.2, 0) is 5.41 Å². The molecule has 2 atom stereocenters. The maximum absolute atomic E-state index is 6.28. The number of anilines is 1. The average molecular weight is 246 g/mol. The number of hydrogen-bond acceptors (Lipinski definition) is 5. The minimum Gasteiger partial charge on any atom is -0.382 e. The first-order valence-electron chi connectivity index (χ1n) is 6.33. The first kappa shape index (κ1) is 11.4. The van der Waals surface area contributed by atoms with Crippen LogP contribution in [0.15, 0.2) is 6.33 Å². The molecule has 2 aromatic rings. The van der Waals surface area contributed by atoms with Gasteiger partial charge in [0.25, 0.3) is 0 Å². The van der Waals surface area contributed by atoms with Gasteiger partial charge >= 0.3 is 0 Å². The Hall–Kier alpha value is -1.69. The van der Waals surface area contributed by atoms with E-state index in [0.29, 0.717) is 17.0 Å². The molecule has 2 unspecified atom stereocenters. The third-order valence-electron chi connectivity index (χ3n) is 4.14. The van der Waals surface area contributed by atoms with Crippen molar-refractivity contribution < 1.29 is 0 Å². The number of hydrogen-bond donors (Lipinski definition) is 3. The first-order chi connectivity index (χ1) is 8.61. The fraction of sp³-hybridized carbons (Fsp3) is 0.583. The molecule has 2 aromatic heterocycles. The number of nitrogens with two attached hydrogens (primary N) is 2. The van der Waals surface area contributed by atoms with Gasteiger partial charge in [-0.25, -0.2) is 15.0 Å². The van der Waals surface area contributed by atoms with E-state index in [1.165, 1.54) is 19.2 Å². The van der Waals surface area contributed by atoms with Crippen molar-refractivity contribution in [1.29, 1.82) is 0 Å². The lowest BCUT2D eigenvalue weighted by Gasteiger charge is -2.37. The minimum atomic E-state index is -0.120. The van der Waals surface area contributed by atoms with Crippen molar-refractivity contribution in [3.05, 3.63) is 12.2 Å². The van der Waals surface area contributed by atoms with E-state index >= 15 is 0 Å². The summed E-state index contributed by atoms with van der Waals surface area (Å²) in [5, 5.41) is 0. The van der Waals surface area contributed by atoms with Gasteiger partial charge in [0, 0.05) is 11.5 Å². The number of aromatic amines is 1. The van der Waals surface area contributed by atoms with E-state index in [1.54, 1.807) is 0 Å². The number of fused-ring (bicyclic) bond motifs is 1. The van der Waals surface area contributed by atoms with E-state index in [1.807, 2.05) is 0 Å². The van der Waals surface area contributed by atoms with Gasteiger partial charge in [-0.2, -0.15) is 0 Å². The standard InChI is InChI=1S/C12H18N6/c1-12(5-3-2-4-7(12)13)11-17-8-9(14)15-6-16-10(8)18-11/h6-7H,2-5,13H2,1H3,(H3,14,15,16,17,18). The van der Waals surface area contributed by atoms with Crippen LogP contribution in [0.1, 0.15) is 38.4 Å². The molecule has 0 aliphatic heterocycles. The molecule has 6 heteroatoms. The molecule has 0 saturated heterocycles. The Labute approximate surface area is 105 Å². The van der Waals surface area contributed by atoms with Gasteiger partial charge in [-0.1, -0.05) is 19.8 Å². The van der Waals surface area contributed by atoms with Gasteiger partial charge in [0.2, 0.25) is 0 Å². The van der Waals surface area contributed by atoms with Crippen LogP contribution in [0.5, 0.6) is 0 Å². The summed E-state index contributed by atoms with van der Waals surface area (Å²) in [7, 11) is 0. The van der Waals surface area contributed by atoms with Gasteiger partial charge in [-0.3, -0.25) is 0 Å². The van der Waals surface area contributed by atoms with Crippen LogP contribution in [0.3, 0.4) is 0 Å². The number of imidazole rings is 1. The molecule has 0 spiro atoms. The highest BCUT2D eigenvalue weighted by molar-refractivity contribution is 5.81. The zero-order valence-corrected chi connectivity index (χ0v) is 10.5. The van der Waals surface area contributed by atoms with Crippen molar-refractivity contribution in [2.75, 3.05) is 5.73 Å². The monoisotopic (exact) mass is 246 g/mol. The predicted octanol–water partition coefficient (Wildman–Crippen LogP) is 1.09. The summed E-state index contributed by atoms with van der Waals surface area (Å²) in [4.78, 5) is 15.9. The Balaban J connectivity index is 2.11. The van der Waals surface area contributed by atoms with Crippen molar-refractivity contribution in [3.8, 4) is 0 Å². The predicted molar refractivity (Wildman–Crippen MR) is 69.9 cm³/mol. The summed E-state index contributed by atoms with van der Waals surface area (Å²) in [6.07, 6.45) is 5.89. The number of H-pyrrole nitrogens is 1. The van der Waals surface area contributed by atoms with Crippen molar-refractivity contribution in [2.45, 2.75) is 44.1 Å². The molecule has 1 aliphatic rings. The van der Waals surface area contributed by atoms with E-state index in [0.717, 1.165) is 18.7 Å². The average Bonchev–Trinajstić information content (AvgIpc) is 2.79. The molecule has 3 rings (SSSR count). The molecule has 0 amide bonds. The number of nitrogens with zero attached hydrogens (tertiary/aromatic N) is 3. The Morgan fingerprint density at radius 1 is 1.39 bits per heavy atom. The molecule has 18 heavy (non-hydrogen) atoms. The highest BCUT2D eigenvalue weighted by Crippen LogP contribution is 2.37. The molecular weight excluding hydrogens is 228 g/mol. The SMILES string of the molecule is CC1(c2nc3ncnc(N)c3[nH]2)CCCCC1N. The summed E-state index contributed by atoms with van der Waals surface area (Å²) in [6.45, 7) is 2.16. The molecule has 6 nitrogen and oxygen atoms in total. The summed E-state index contributed by atoms with van der Waals surface area (Å²) in [6, 6.07) is 0.126. The molecule has 96 valence electrons. The fourth-order valence-electron chi connectivity index (χ4n) is 2.77. The third kappa shape index (κ3) is 1.56. The topological polar surface area (TPSA) is 106 Å². The number of aromatic nitrogens is 4. The van der Waals surface area contributed by atoms with Crippen LogP contribution in [0.4, 0.5) is 5.82 Å². The molecular formula is C12H18N6. The number of nitrogen functional groups attached to an aromatic ring is 1. The third-order valence-corrected chi connectivity index (χ3v) is 4.14. The minimum absolute atomic E-state index is 0.120. The lowest BCUT2D eigenvalue weighted by Crippen LogP contribution is -2.46. The normalized spacial score (nSPS) is 28.7. The lowest BCUT2D eigenvalue weighted by molar-refractivity contribution is 0.260. The van der Waals surface area contributed by atoms with Crippen molar-refractivity contribution in [2.24, 2.45) is 5.73 Å². The summed E-state index contributed by atoms with van der Waals surface area (Å²) >= 11 is 0. The lowest BCUT2D eigenvalue weighted by atomic mass is 9.71. The molecule has 2 heterocycles. The van der Waals surface area contributed by atoms with Gasteiger partial charge in [0.15, 0.2) is 11.5 Å². The summed E-state index contributed by atoms with van der Waals surface area (Å²) in [5.41, 5.74) is 13.3. The highest BCUT2D eigenvalue weighted by atomic mass is 15.1. The largest absolute Gasteiger partial charge is 0.382 e. The Kier molecular flexibility index (Phi) is 2.48. The second-order valence-electron chi connectivity index (χ2n) is 5.31. The Morgan fingerprint density at radius 2 is 2.22 bits per heavy atom. The smallest absolute Gasteiger partial charge is 0.183 e. The maximum Gasteiger partial charge on any atom is 0.183 e. The molecule has 1 aliphatic carbocycles. The van der Waals surface area contributed by atoms with Gasteiger partial charge in [0.1, 0.15) is 17.7 Å². The van der Waals surface area contributed by atoms with Crippen LogP contribution < -0.4 is 11.5 Å². The Morgan fingerprint density at radius 3 is 2.94 bits per heavy atom. The van der Waals surface area contributed by atoms with E-state index in [9.17, 15) is 0 Å². The molecule has 0 aromatic carbocycles. The van der Waals surface area contributed by atoms with Crippen LogP contribution in [0, 0.1) is 0 Å². The van der Waals surface area contributed by atoms with E-state index < -0.39 is 0 Å². The molecule has 5 N–H and O–H groups in total. The van der Waals surface area contributed by atoms with E-state index in [2.05, 4.69) is 26.9 Å².